The Balaban J connectivity index is 1.19. The van der Waals surface area contributed by atoms with Crippen molar-refractivity contribution in [2.75, 3.05) is 0 Å². The van der Waals surface area contributed by atoms with E-state index < -0.39 is 0 Å². The molecule has 0 radical (unpaired) electrons. The fourth-order valence-electron chi connectivity index (χ4n) is 7.78. The molecule has 44 heavy (non-hydrogen) atoms. The number of para-hydroxylation sites is 5. The van der Waals surface area contributed by atoms with Crippen LogP contribution in [0.5, 0.6) is 23.0 Å². The minimum absolute atomic E-state index is 0.914. The Morgan fingerprint density at radius 2 is 1.39 bits per heavy atom. The van der Waals surface area contributed by atoms with Crippen molar-refractivity contribution in [3.8, 4) is 34.4 Å². The van der Waals surface area contributed by atoms with E-state index in [1.165, 1.54) is 73.5 Å². The molecule has 0 saturated carbocycles. The number of benzene rings is 5. The van der Waals surface area contributed by atoms with Crippen molar-refractivity contribution < 1.29 is 9.47 Å². The number of fused-ring (bicyclic) bond motifs is 10. The van der Waals surface area contributed by atoms with Crippen LogP contribution < -0.4 is 9.47 Å². The highest BCUT2D eigenvalue weighted by Crippen LogP contribution is 2.49. The standard InChI is InChI=1S/C40H30N2O2/c1-2-3-9-24-20-30-29-23-26(17-19-32(29)42-34-12-5-7-14-36(34)44-38(21-24)40(30)42)25-16-18-31-28(22-25)27-10-8-15-37-39(27)41(31)33-11-4-6-13-35(33)43-37/h4-8,10-15,17,19-23H,2-3,9,16,18H2,1H3. The maximum Gasteiger partial charge on any atom is 0.152 e. The third kappa shape index (κ3) is 3.23. The molecule has 212 valence electrons. The van der Waals surface area contributed by atoms with Crippen molar-refractivity contribution in [2.24, 2.45) is 0 Å². The zero-order valence-corrected chi connectivity index (χ0v) is 24.6. The number of unbranched alkanes of at least 4 members (excludes halogenated alkanes) is 1. The average molecular weight is 571 g/mol. The minimum atomic E-state index is 0.914. The molecule has 0 fully saturated rings. The Morgan fingerprint density at radius 1 is 0.636 bits per heavy atom. The van der Waals surface area contributed by atoms with Crippen LogP contribution in [0.2, 0.25) is 0 Å². The highest BCUT2D eigenvalue weighted by molar-refractivity contribution is 6.13. The van der Waals surface area contributed by atoms with E-state index >= 15 is 0 Å². The summed E-state index contributed by atoms with van der Waals surface area (Å²) in [5.74, 6) is 3.73. The van der Waals surface area contributed by atoms with Gasteiger partial charge in [0, 0.05) is 27.4 Å². The molecule has 4 nitrogen and oxygen atoms in total. The van der Waals surface area contributed by atoms with Gasteiger partial charge in [-0.3, -0.25) is 0 Å². The summed E-state index contributed by atoms with van der Waals surface area (Å²) < 4.78 is 17.7. The second-order valence-electron chi connectivity index (χ2n) is 12.3. The third-order valence-electron chi connectivity index (χ3n) is 9.77. The quantitative estimate of drug-likeness (QED) is 0.211. The molecule has 4 heterocycles. The molecule has 5 aromatic carbocycles. The Bertz CT molecular complexity index is 2390. The molecule has 0 bridgehead atoms. The third-order valence-corrected chi connectivity index (χ3v) is 9.77. The first-order valence-electron chi connectivity index (χ1n) is 15.8. The molecule has 4 heteroatoms. The molecule has 3 aliphatic rings. The summed E-state index contributed by atoms with van der Waals surface area (Å²) in [5.41, 5.74) is 12.5. The maximum atomic E-state index is 6.53. The van der Waals surface area contributed by atoms with Gasteiger partial charge < -0.3 is 18.6 Å². The van der Waals surface area contributed by atoms with Crippen LogP contribution in [-0.4, -0.2) is 9.13 Å². The number of aromatic nitrogens is 2. The van der Waals surface area contributed by atoms with Crippen molar-refractivity contribution in [3.63, 3.8) is 0 Å². The molecule has 7 aromatic rings. The summed E-state index contributed by atoms with van der Waals surface area (Å²) >= 11 is 0. The predicted molar refractivity (Wildman–Crippen MR) is 179 cm³/mol. The van der Waals surface area contributed by atoms with Crippen LogP contribution in [0.1, 0.15) is 48.6 Å². The van der Waals surface area contributed by atoms with Crippen molar-refractivity contribution >= 4 is 44.4 Å². The van der Waals surface area contributed by atoms with E-state index in [0.29, 0.717) is 0 Å². The molecule has 0 spiro atoms. The van der Waals surface area contributed by atoms with Crippen LogP contribution in [0.4, 0.5) is 0 Å². The summed E-state index contributed by atoms with van der Waals surface area (Å²) in [7, 11) is 0. The predicted octanol–water partition coefficient (Wildman–Crippen LogP) is 10.8. The fourth-order valence-corrected chi connectivity index (χ4v) is 7.78. The van der Waals surface area contributed by atoms with Crippen molar-refractivity contribution in [3.05, 3.63) is 119 Å². The van der Waals surface area contributed by atoms with Crippen LogP contribution in [0, 0.1) is 0 Å². The van der Waals surface area contributed by atoms with E-state index in [4.69, 9.17) is 9.47 Å². The number of ether oxygens (including phenoxy) is 2. The van der Waals surface area contributed by atoms with Crippen LogP contribution in [0.15, 0.2) is 97.1 Å². The topological polar surface area (TPSA) is 28.3 Å². The molecular weight excluding hydrogens is 540 g/mol. The SMILES string of the molecule is CCCCc1cc2c3c(c1)c1cc(C4=Cc5c(n6c7c(cccc57)Oc5ccccc5-6)CC4)ccc1n3-c1ccccc1O2. The van der Waals surface area contributed by atoms with Gasteiger partial charge in [0.05, 0.1) is 27.9 Å². The molecule has 10 rings (SSSR count). The highest BCUT2D eigenvalue weighted by atomic mass is 16.5. The molecule has 0 saturated heterocycles. The molecule has 0 unspecified atom stereocenters. The Kier molecular flexibility index (Phi) is 4.90. The lowest BCUT2D eigenvalue weighted by Gasteiger charge is -2.23. The monoisotopic (exact) mass is 570 g/mol. The molecule has 2 aliphatic heterocycles. The normalized spacial score (nSPS) is 14.2. The van der Waals surface area contributed by atoms with Gasteiger partial charge in [-0.2, -0.15) is 0 Å². The number of aryl methyl sites for hydroxylation is 1. The van der Waals surface area contributed by atoms with Gasteiger partial charge in [0.2, 0.25) is 0 Å². The van der Waals surface area contributed by atoms with E-state index in [0.717, 1.165) is 53.6 Å². The van der Waals surface area contributed by atoms with Crippen LogP contribution >= 0.6 is 0 Å². The van der Waals surface area contributed by atoms with Gasteiger partial charge in [-0.05, 0) is 103 Å². The van der Waals surface area contributed by atoms with Crippen LogP contribution in [0.3, 0.4) is 0 Å². The first-order chi connectivity index (χ1) is 21.8. The van der Waals surface area contributed by atoms with Gasteiger partial charge in [-0.25, -0.2) is 0 Å². The lowest BCUT2D eigenvalue weighted by molar-refractivity contribution is 0.474. The minimum Gasteiger partial charge on any atom is -0.453 e. The van der Waals surface area contributed by atoms with Crippen LogP contribution in [0.25, 0.3) is 55.7 Å². The van der Waals surface area contributed by atoms with Crippen molar-refractivity contribution in [1.82, 2.24) is 9.13 Å². The smallest absolute Gasteiger partial charge is 0.152 e. The summed E-state index contributed by atoms with van der Waals surface area (Å²) in [6, 6.07) is 35.0. The largest absolute Gasteiger partial charge is 0.453 e. The van der Waals surface area contributed by atoms with Gasteiger partial charge in [-0.1, -0.05) is 55.8 Å². The van der Waals surface area contributed by atoms with Gasteiger partial charge in [0.25, 0.3) is 0 Å². The van der Waals surface area contributed by atoms with E-state index in [2.05, 4.69) is 113 Å². The lowest BCUT2D eigenvalue weighted by atomic mass is 9.90. The summed E-state index contributed by atoms with van der Waals surface area (Å²) in [6.45, 7) is 2.26. The maximum absolute atomic E-state index is 6.53. The highest BCUT2D eigenvalue weighted by Gasteiger charge is 2.29. The summed E-state index contributed by atoms with van der Waals surface area (Å²) in [5, 5.41) is 3.82. The van der Waals surface area contributed by atoms with Crippen LogP contribution in [-0.2, 0) is 12.8 Å². The second kappa shape index (κ2) is 8.90. The zero-order valence-electron chi connectivity index (χ0n) is 24.6. The first kappa shape index (κ1) is 24.2. The molecule has 0 atom stereocenters. The zero-order chi connectivity index (χ0) is 28.9. The number of hydrogen-bond acceptors (Lipinski definition) is 2. The first-order valence-corrected chi connectivity index (χ1v) is 15.8. The fraction of sp³-hybridized carbons (Fsp3) is 0.150. The van der Waals surface area contributed by atoms with E-state index in [1.54, 1.807) is 0 Å². The van der Waals surface area contributed by atoms with E-state index in [-0.39, 0.29) is 0 Å². The second-order valence-corrected chi connectivity index (χ2v) is 12.3. The van der Waals surface area contributed by atoms with Crippen molar-refractivity contribution in [2.45, 2.75) is 39.0 Å². The number of nitrogens with zero attached hydrogens (tertiary/aromatic N) is 2. The van der Waals surface area contributed by atoms with Gasteiger partial charge in [-0.15, -0.1) is 0 Å². The average Bonchev–Trinajstić information content (AvgIpc) is 3.58. The van der Waals surface area contributed by atoms with Gasteiger partial charge in [0.15, 0.2) is 23.0 Å². The Hall–Kier alpha value is -5.22. The lowest BCUT2D eigenvalue weighted by Crippen LogP contribution is -2.09. The van der Waals surface area contributed by atoms with E-state index in [9.17, 15) is 0 Å². The number of allylic oxidation sites excluding steroid dienone is 1. The summed E-state index contributed by atoms with van der Waals surface area (Å²) in [6.07, 6.45) is 7.81. The van der Waals surface area contributed by atoms with Crippen molar-refractivity contribution in [1.29, 1.82) is 0 Å². The van der Waals surface area contributed by atoms with Gasteiger partial charge >= 0.3 is 0 Å². The molecular formula is C40H30N2O2. The summed E-state index contributed by atoms with van der Waals surface area (Å²) in [4.78, 5) is 0. The Morgan fingerprint density at radius 3 is 2.23 bits per heavy atom. The molecule has 1 aliphatic carbocycles. The van der Waals surface area contributed by atoms with E-state index in [1.807, 2.05) is 6.07 Å². The molecule has 2 aromatic heterocycles. The molecule has 0 amide bonds. The Labute approximate surface area is 255 Å². The number of hydrogen-bond donors (Lipinski definition) is 0. The number of rotatable bonds is 4. The van der Waals surface area contributed by atoms with Gasteiger partial charge in [0.1, 0.15) is 0 Å². The molecule has 0 N–H and O–H groups in total.